The minimum atomic E-state index is -0.782. The molecule has 0 bridgehead atoms. The molecule has 4 heteroatoms. The van der Waals surface area contributed by atoms with Gasteiger partial charge in [0.05, 0.1) is 25.4 Å². The van der Waals surface area contributed by atoms with Gasteiger partial charge in [0, 0.05) is 18.4 Å². The fourth-order valence-electron chi connectivity index (χ4n) is 2.98. The van der Waals surface area contributed by atoms with E-state index in [0.717, 1.165) is 24.0 Å². The van der Waals surface area contributed by atoms with Crippen molar-refractivity contribution in [1.82, 2.24) is 0 Å². The van der Waals surface area contributed by atoms with Crippen LogP contribution < -0.4 is 0 Å². The van der Waals surface area contributed by atoms with E-state index >= 15 is 0 Å². The van der Waals surface area contributed by atoms with Crippen LogP contribution >= 0.6 is 0 Å². The highest BCUT2D eigenvalue weighted by atomic mass is 16.5. The van der Waals surface area contributed by atoms with Gasteiger partial charge in [0.1, 0.15) is 5.75 Å². The lowest BCUT2D eigenvalue weighted by Crippen LogP contribution is -2.16. The zero-order valence-corrected chi connectivity index (χ0v) is 16.4. The molecular formula is C24H30O4. The SMILES string of the molecule is CCCC(=C=CC[C@@H](O)c1ccccc1O)C[C@@H](O)COCc1ccccc1. The zero-order valence-electron chi connectivity index (χ0n) is 16.4. The Morgan fingerprint density at radius 3 is 2.50 bits per heavy atom. The van der Waals surface area contributed by atoms with E-state index in [1.54, 1.807) is 30.3 Å². The predicted octanol–water partition coefficient (Wildman–Crippen LogP) is 4.67. The van der Waals surface area contributed by atoms with E-state index in [-0.39, 0.29) is 12.4 Å². The van der Waals surface area contributed by atoms with E-state index in [9.17, 15) is 15.3 Å². The first-order chi connectivity index (χ1) is 13.6. The molecule has 2 aromatic rings. The summed E-state index contributed by atoms with van der Waals surface area (Å²) < 4.78 is 5.61. The topological polar surface area (TPSA) is 69.9 Å². The van der Waals surface area contributed by atoms with E-state index in [1.807, 2.05) is 30.3 Å². The third-order valence-corrected chi connectivity index (χ3v) is 4.40. The van der Waals surface area contributed by atoms with Gasteiger partial charge in [0.15, 0.2) is 0 Å². The minimum absolute atomic E-state index is 0.0900. The summed E-state index contributed by atoms with van der Waals surface area (Å²) in [6.45, 7) is 2.83. The quantitative estimate of drug-likeness (QED) is 0.494. The van der Waals surface area contributed by atoms with Crippen LogP contribution in [0.3, 0.4) is 0 Å². The molecule has 0 aromatic heterocycles. The number of aromatic hydroxyl groups is 1. The summed E-state index contributed by atoms with van der Waals surface area (Å²) in [7, 11) is 0. The molecule has 2 aromatic carbocycles. The molecule has 2 rings (SSSR count). The Kier molecular flexibility index (Phi) is 9.53. The van der Waals surface area contributed by atoms with Gasteiger partial charge in [0.2, 0.25) is 0 Å². The minimum Gasteiger partial charge on any atom is -0.508 e. The van der Waals surface area contributed by atoms with Gasteiger partial charge in [-0.25, -0.2) is 0 Å². The highest BCUT2D eigenvalue weighted by Gasteiger charge is 2.10. The number of benzene rings is 2. The number of phenols is 1. The van der Waals surface area contributed by atoms with Crippen molar-refractivity contribution < 1.29 is 20.1 Å². The van der Waals surface area contributed by atoms with Crippen molar-refractivity contribution in [1.29, 1.82) is 0 Å². The second-order valence-corrected chi connectivity index (χ2v) is 6.87. The molecule has 3 N–H and O–H groups in total. The molecule has 28 heavy (non-hydrogen) atoms. The summed E-state index contributed by atoms with van der Waals surface area (Å²) in [4.78, 5) is 0. The van der Waals surface area contributed by atoms with Crippen LogP contribution in [0.15, 0.2) is 72.0 Å². The average Bonchev–Trinajstić information content (AvgIpc) is 2.69. The summed E-state index contributed by atoms with van der Waals surface area (Å²) in [5.41, 5.74) is 5.80. The predicted molar refractivity (Wildman–Crippen MR) is 111 cm³/mol. The standard InChI is InChI=1S/C24H30O4/c1-2-9-19(12-8-15-24(27)22-13-6-7-14-23(22)26)16-21(25)18-28-17-20-10-4-3-5-11-20/h3-8,10-11,13-14,21,24-27H,2,9,15-18H2,1H3/t12?,21-,24-/m1/s1. The second-order valence-electron chi connectivity index (χ2n) is 6.87. The highest BCUT2D eigenvalue weighted by Crippen LogP contribution is 2.26. The van der Waals surface area contributed by atoms with E-state index in [2.05, 4.69) is 12.7 Å². The Labute approximate surface area is 167 Å². The molecule has 0 amide bonds. The second kappa shape index (κ2) is 12.2. The van der Waals surface area contributed by atoms with Crippen LogP contribution in [-0.2, 0) is 11.3 Å². The number of ether oxygens (including phenoxy) is 1. The lowest BCUT2D eigenvalue weighted by Gasteiger charge is -2.13. The van der Waals surface area contributed by atoms with Crippen molar-refractivity contribution in [2.24, 2.45) is 0 Å². The first-order valence-electron chi connectivity index (χ1n) is 9.78. The van der Waals surface area contributed by atoms with Crippen molar-refractivity contribution in [2.75, 3.05) is 6.61 Å². The van der Waals surface area contributed by atoms with Crippen LogP contribution in [0.25, 0.3) is 0 Å². The van der Waals surface area contributed by atoms with Gasteiger partial charge in [-0.2, -0.15) is 0 Å². The number of hydrogen-bond acceptors (Lipinski definition) is 4. The van der Waals surface area contributed by atoms with Crippen LogP contribution in [0.1, 0.15) is 49.8 Å². The molecule has 0 saturated carbocycles. The Morgan fingerprint density at radius 2 is 1.79 bits per heavy atom. The van der Waals surface area contributed by atoms with Crippen molar-refractivity contribution in [3.05, 3.63) is 83.1 Å². The smallest absolute Gasteiger partial charge is 0.121 e. The maximum absolute atomic E-state index is 10.3. The molecule has 0 aliphatic carbocycles. The highest BCUT2D eigenvalue weighted by molar-refractivity contribution is 5.33. The van der Waals surface area contributed by atoms with Crippen LogP contribution in [-0.4, -0.2) is 28.0 Å². The molecule has 4 nitrogen and oxygen atoms in total. The van der Waals surface area contributed by atoms with Gasteiger partial charge in [-0.15, -0.1) is 5.73 Å². The Bertz CT molecular complexity index is 763. The number of para-hydroxylation sites is 1. The molecule has 0 aliphatic rings. The number of rotatable bonds is 11. The van der Waals surface area contributed by atoms with Gasteiger partial charge >= 0.3 is 0 Å². The lowest BCUT2D eigenvalue weighted by molar-refractivity contribution is 0.0285. The molecule has 0 aliphatic heterocycles. The molecule has 2 atom stereocenters. The molecule has 0 spiro atoms. The van der Waals surface area contributed by atoms with E-state index < -0.39 is 12.2 Å². The van der Waals surface area contributed by atoms with Gasteiger partial charge in [-0.05, 0) is 29.7 Å². The fraction of sp³-hybridized carbons (Fsp3) is 0.375. The zero-order chi connectivity index (χ0) is 20.2. The van der Waals surface area contributed by atoms with Crippen LogP contribution in [0.5, 0.6) is 5.75 Å². The van der Waals surface area contributed by atoms with Crippen molar-refractivity contribution in [3.8, 4) is 5.75 Å². The Morgan fingerprint density at radius 1 is 1.07 bits per heavy atom. The summed E-state index contributed by atoms with van der Waals surface area (Å²) >= 11 is 0. The van der Waals surface area contributed by atoms with Gasteiger partial charge in [-0.3, -0.25) is 0 Å². The molecule has 0 radical (unpaired) electrons. The average molecular weight is 383 g/mol. The van der Waals surface area contributed by atoms with Crippen LogP contribution in [0.4, 0.5) is 0 Å². The summed E-state index contributed by atoms with van der Waals surface area (Å²) in [5, 5.41) is 30.3. The van der Waals surface area contributed by atoms with E-state index in [1.165, 1.54) is 0 Å². The van der Waals surface area contributed by atoms with E-state index in [0.29, 0.717) is 25.0 Å². The van der Waals surface area contributed by atoms with Crippen molar-refractivity contribution in [3.63, 3.8) is 0 Å². The monoisotopic (exact) mass is 382 g/mol. The third kappa shape index (κ3) is 7.71. The summed E-state index contributed by atoms with van der Waals surface area (Å²) in [6, 6.07) is 16.7. The molecule has 0 unspecified atom stereocenters. The van der Waals surface area contributed by atoms with Gasteiger partial charge in [-0.1, -0.05) is 61.9 Å². The first kappa shape index (κ1) is 21.9. The maximum atomic E-state index is 10.3. The van der Waals surface area contributed by atoms with Crippen molar-refractivity contribution >= 4 is 0 Å². The number of aliphatic hydroxyl groups is 2. The summed E-state index contributed by atoms with van der Waals surface area (Å²) in [6.07, 6.45) is 3.04. The molecule has 0 fully saturated rings. The normalized spacial score (nSPS) is 12.8. The maximum Gasteiger partial charge on any atom is 0.121 e. The van der Waals surface area contributed by atoms with Crippen molar-refractivity contribution in [2.45, 2.75) is 51.4 Å². The molecule has 150 valence electrons. The number of phenolic OH excluding ortho intramolecular Hbond substituents is 1. The number of aliphatic hydroxyl groups excluding tert-OH is 2. The molecule has 0 heterocycles. The largest absolute Gasteiger partial charge is 0.508 e. The first-order valence-corrected chi connectivity index (χ1v) is 9.78. The van der Waals surface area contributed by atoms with E-state index in [4.69, 9.17) is 4.74 Å². The fourth-order valence-corrected chi connectivity index (χ4v) is 2.98. The molecule has 0 saturated heterocycles. The van der Waals surface area contributed by atoms with Gasteiger partial charge in [0.25, 0.3) is 0 Å². The van der Waals surface area contributed by atoms with Gasteiger partial charge < -0.3 is 20.1 Å². The summed E-state index contributed by atoms with van der Waals surface area (Å²) in [5.74, 6) is 0.0900. The Balaban J connectivity index is 1.86. The third-order valence-electron chi connectivity index (χ3n) is 4.40. The lowest BCUT2D eigenvalue weighted by atomic mass is 10.0. The van der Waals surface area contributed by atoms with Crippen LogP contribution in [0, 0.1) is 0 Å². The Hall–Kier alpha value is -2.36. The number of hydrogen-bond donors (Lipinski definition) is 3. The van der Waals surface area contributed by atoms with Crippen LogP contribution in [0.2, 0.25) is 0 Å². The molecular weight excluding hydrogens is 352 g/mol.